The van der Waals surface area contributed by atoms with E-state index in [1.165, 1.54) is 16.4 Å². The van der Waals surface area contributed by atoms with Crippen LogP contribution in [0.4, 0.5) is 11.6 Å². The molecule has 8 nitrogen and oxygen atoms in total. The van der Waals surface area contributed by atoms with Crippen molar-refractivity contribution >= 4 is 47.1 Å². The number of nitrogens with one attached hydrogen (secondary N) is 2. The van der Waals surface area contributed by atoms with Crippen LogP contribution >= 0.6 is 23.4 Å². The molecule has 1 amide bonds. The summed E-state index contributed by atoms with van der Waals surface area (Å²) in [6, 6.07) is 14.8. The number of halogens is 1. The molecule has 3 aromatic rings. The fourth-order valence-corrected chi connectivity index (χ4v) is 3.00. The summed E-state index contributed by atoms with van der Waals surface area (Å²) in [5.41, 5.74) is 5.32. The zero-order chi connectivity index (χ0) is 19.9. The largest absolute Gasteiger partial charge is 0.334 e. The highest BCUT2D eigenvalue weighted by molar-refractivity contribution is 7.99. The van der Waals surface area contributed by atoms with Gasteiger partial charge in [-0.15, -0.1) is 10.2 Å². The van der Waals surface area contributed by atoms with Gasteiger partial charge in [-0.2, -0.15) is 5.10 Å². The Labute approximate surface area is 171 Å². The van der Waals surface area contributed by atoms with Crippen molar-refractivity contribution in [3.63, 3.8) is 0 Å². The van der Waals surface area contributed by atoms with Crippen LogP contribution in [0.15, 0.2) is 58.8 Å². The summed E-state index contributed by atoms with van der Waals surface area (Å²) in [5, 5.41) is 15.7. The van der Waals surface area contributed by atoms with Gasteiger partial charge in [0.1, 0.15) is 0 Å². The highest BCUT2D eigenvalue weighted by atomic mass is 35.5. The molecule has 0 aliphatic carbocycles. The molecule has 0 radical (unpaired) electrons. The van der Waals surface area contributed by atoms with Crippen molar-refractivity contribution in [3.05, 3.63) is 64.7 Å². The molecule has 0 spiro atoms. The number of rotatable bonds is 7. The fraction of sp³-hybridized carbons (Fsp3) is 0.111. The van der Waals surface area contributed by atoms with Crippen molar-refractivity contribution in [1.29, 1.82) is 0 Å². The van der Waals surface area contributed by atoms with Crippen LogP contribution in [-0.4, -0.2) is 32.7 Å². The first kappa shape index (κ1) is 19.7. The summed E-state index contributed by atoms with van der Waals surface area (Å²) < 4.78 is 1.23. The van der Waals surface area contributed by atoms with Crippen LogP contribution in [0.25, 0.3) is 0 Å². The van der Waals surface area contributed by atoms with Crippen molar-refractivity contribution in [3.8, 4) is 0 Å². The molecule has 0 aliphatic rings. The smallest absolute Gasteiger partial charge is 0.264 e. The Morgan fingerprint density at radius 2 is 2.00 bits per heavy atom. The molecule has 28 heavy (non-hydrogen) atoms. The minimum Gasteiger partial charge on any atom is -0.334 e. The van der Waals surface area contributed by atoms with E-state index in [2.05, 4.69) is 26.0 Å². The number of aromatic nitrogens is 3. The van der Waals surface area contributed by atoms with Crippen molar-refractivity contribution in [2.24, 2.45) is 5.10 Å². The molecule has 4 N–H and O–H groups in total. The summed E-state index contributed by atoms with van der Waals surface area (Å²) in [7, 11) is 0. The van der Waals surface area contributed by atoms with Crippen molar-refractivity contribution < 1.29 is 4.79 Å². The van der Waals surface area contributed by atoms with Gasteiger partial charge in [0.05, 0.1) is 12.0 Å². The standard InChI is InChI=1S/C18H18ClN7OS/c1-12-6-8-14(9-7-12)22-16(27)11-28-18-25-24-17(26(18)20)23-21-10-13-4-2-3-5-15(13)19/h2-10H,11,20H2,1H3,(H,22,27)(H,23,24)/b21-10+. The minimum atomic E-state index is -0.164. The van der Waals surface area contributed by atoms with Crippen LogP contribution in [0.1, 0.15) is 11.1 Å². The Balaban J connectivity index is 1.53. The Kier molecular flexibility index (Phi) is 6.51. The molecule has 0 bridgehead atoms. The van der Waals surface area contributed by atoms with Gasteiger partial charge in [-0.25, -0.2) is 10.1 Å². The summed E-state index contributed by atoms with van der Waals surface area (Å²) >= 11 is 7.23. The number of hydrogen-bond acceptors (Lipinski definition) is 7. The van der Waals surface area contributed by atoms with E-state index in [0.29, 0.717) is 10.2 Å². The third-order valence-corrected chi connectivity index (χ3v) is 4.89. The predicted octanol–water partition coefficient (Wildman–Crippen LogP) is 3.13. The van der Waals surface area contributed by atoms with Gasteiger partial charge in [0.15, 0.2) is 0 Å². The van der Waals surface area contributed by atoms with Gasteiger partial charge in [-0.3, -0.25) is 4.79 Å². The van der Waals surface area contributed by atoms with E-state index in [4.69, 9.17) is 17.4 Å². The minimum absolute atomic E-state index is 0.145. The first-order valence-electron chi connectivity index (χ1n) is 8.26. The Bertz CT molecular complexity index is 988. The predicted molar refractivity (Wildman–Crippen MR) is 113 cm³/mol. The Hall–Kier alpha value is -3.04. The van der Waals surface area contributed by atoms with Gasteiger partial charge in [0, 0.05) is 16.3 Å². The molecular weight excluding hydrogens is 398 g/mol. The number of anilines is 2. The van der Waals surface area contributed by atoms with Crippen molar-refractivity contribution in [2.75, 3.05) is 22.3 Å². The molecule has 10 heteroatoms. The molecule has 0 atom stereocenters. The Morgan fingerprint density at radius 1 is 1.25 bits per heavy atom. The number of amides is 1. The quantitative estimate of drug-likeness (QED) is 0.236. The van der Waals surface area contributed by atoms with Gasteiger partial charge in [-0.1, -0.05) is 59.3 Å². The molecular formula is C18H18ClN7OS. The third kappa shape index (κ3) is 5.24. The number of nitrogen functional groups attached to an aromatic ring is 1. The fourth-order valence-electron chi connectivity index (χ4n) is 2.16. The maximum Gasteiger partial charge on any atom is 0.264 e. The maximum absolute atomic E-state index is 12.1. The van der Waals surface area contributed by atoms with E-state index in [9.17, 15) is 4.79 Å². The van der Waals surface area contributed by atoms with Crippen molar-refractivity contribution in [1.82, 2.24) is 14.9 Å². The maximum atomic E-state index is 12.1. The van der Waals surface area contributed by atoms with E-state index in [1.807, 2.05) is 49.4 Å². The zero-order valence-electron chi connectivity index (χ0n) is 15.0. The van der Waals surface area contributed by atoms with Crippen LogP contribution in [0.5, 0.6) is 0 Å². The molecule has 0 saturated carbocycles. The normalized spacial score (nSPS) is 10.9. The number of nitrogens with zero attached hydrogens (tertiary/aromatic N) is 4. The van der Waals surface area contributed by atoms with E-state index in [1.54, 1.807) is 12.3 Å². The molecule has 0 aliphatic heterocycles. The first-order valence-corrected chi connectivity index (χ1v) is 9.62. The van der Waals surface area contributed by atoms with Crippen LogP contribution in [0.3, 0.4) is 0 Å². The SMILES string of the molecule is Cc1ccc(NC(=O)CSc2nnc(N/N=C/c3ccccc3Cl)n2N)cc1. The van der Waals surface area contributed by atoms with E-state index in [-0.39, 0.29) is 17.6 Å². The zero-order valence-corrected chi connectivity index (χ0v) is 16.5. The number of carbonyl (C=O) groups excluding carboxylic acids is 1. The lowest BCUT2D eigenvalue weighted by Gasteiger charge is -2.05. The van der Waals surface area contributed by atoms with E-state index < -0.39 is 0 Å². The molecule has 0 fully saturated rings. The van der Waals surface area contributed by atoms with Crippen LogP contribution < -0.4 is 16.6 Å². The third-order valence-electron chi connectivity index (χ3n) is 3.61. The molecule has 1 heterocycles. The summed E-state index contributed by atoms with van der Waals surface area (Å²) in [6.07, 6.45) is 1.55. The molecule has 144 valence electrons. The second-order valence-corrected chi connectivity index (χ2v) is 7.12. The number of hydrazone groups is 1. The molecule has 3 rings (SSSR count). The average molecular weight is 416 g/mol. The second-order valence-electron chi connectivity index (χ2n) is 5.77. The van der Waals surface area contributed by atoms with Crippen molar-refractivity contribution in [2.45, 2.75) is 12.1 Å². The number of aryl methyl sites for hydroxylation is 1. The van der Waals surface area contributed by atoms with Gasteiger partial charge in [-0.05, 0) is 25.1 Å². The average Bonchev–Trinajstić information content (AvgIpc) is 3.03. The highest BCUT2D eigenvalue weighted by Crippen LogP contribution is 2.18. The topological polar surface area (TPSA) is 110 Å². The Morgan fingerprint density at radius 3 is 2.75 bits per heavy atom. The molecule has 2 aromatic carbocycles. The summed E-state index contributed by atoms with van der Waals surface area (Å²) in [5.74, 6) is 6.17. The van der Waals surface area contributed by atoms with Crippen LogP contribution in [0, 0.1) is 6.92 Å². The van der Waals surface area contributed by atoms with Gasteiger partial charge < -0.3 is 11.2 Å². The van der Waals surface area contributed by atoms with E-state index in [0.717, 1.165) is 16.8 Å². The highest BCUT2D eigenvalue weighted by Gasteiger charge is 2.12. The molecule has 0 saturated heterocycles. The molecule has 0 unspecified atom stereocenters. The lowest BCUT2D eigenvalue weighted by Crippen LogP contribution is -2.16. The number of hydrogen-bond donors (Lipinski definition) is 3. The monoisotopic (exact) mass is 415 g/mol. The summed E-state index contributed by atoms with van der Waals surface area (Å²) in [4.78, 5) is 12.1. The lowest BCUT2D eigenvalue weighted by molar-refractivity contribution is -0.113. The van der Waals surface area contributed by atoms with Crippen LogP contribution in [0.2, 0.25) is 5.02 Å². The van der Waals surface area contributed by atoms with Crippen LogP contribution in [-0.2, 0) is 4.79 Å². The number of benzene rings is 2. The van der Waals surface area contributed by atoms with Gasteiger partial charge in [0.25, 0.3) is 5.95 Å². The summed E-state index contributed by atoms with van der Waals surface area (Å²) in [6.45, 7) is 1.99. The molecule has 1 aromatic heterocycles. The number of carbonyl (C=O) groups is 1. The second kappa shape index (κ2) is 9.25. The van der Waals surface area contributed by atoms with E-state index >= 15 is 0 Å². The first-order chi connectivity index (χ1) is 13.5. The number of nitrogens with two attached hydrogens (primary N) is 1. The van der Waals surface area contributed by atoms with Gasteiger partial charge in [0.2, 0.25) is 11.1 Å². The number of thioether (sulfide) groups is 1. The lowest BCUT2D eigenvalue weighted by atomic mass is 10.2. The van der Waals surface area contributed by atoms with Gasteiger partial charge >= 0.3 is 0 Å².